The average Bonchev–Trinajstić information content (AvgIpc) is 3.25. The van der Waals surface area contributed by atoms with Crippen LogP contribution in [0.5, 0.6) is 0 Å². The Labute approximate surface area is 336 Å². The fourth-order valence-corrected chi connectivity index (χ4v) is 7.05. The number of rotatable bonds is 13. The third-order valence-electron chi connectivity index (χ3n) is 9.76. The van der Waals surface area contributed by atoms with E-state index in [1.165, 1.54) is 12.1 Å². The zero-order valence-corrected chi connectivity index (χ0v) is 31.3. The number of carboxylic acid groups (broad SMARTS) is 3. The second-order valence-corrected chi connectivity index (χ2v) is 13.7. The lowest BCUT2D eigenvalue weighted by atomic mass is 9.90. The smallest absolute Gasteiger partial charge is 0.354 e. The summed E-state index contributed by atoms with van der Waals surface area (Å²) in [7, 11) is 0. The van der Waals surface area contributed by atoms with Crippen molar-refractivity contribution in [2.45, 2.75) is 26.2 Å². The van der Waals surface area contributed by atoms with E-state index < -0.39 is 17.9 Å². The van der Waals surface area contributed by atoms with Crippen LogP contribution in [0.3, 0.4) is 0 Å². The van der Waals surface area contributed by atoms with Crippen LogP contribution < -0.4 is 14.8 Å². The van der Waals surface area contributed by atoms with Gasteiger partial charge in [0, 0.05) is 46.7 Å². The largest absolute Gasteiger partial charge is 0.478 e. The first-order valence-electron chi connectivity index (χ1n) is 18.5. The molecular formula is C46H35N6O7+. The number of hydrogen-bond acceptors (Lipinski definition) is 9. The number of nitrogens with zero attached hydrogens (tertiary/aromatic N) is 6. The average molecular weight is 784 g/mol. The van der Waals surface area contributed by atoms with E-state index in [0.717, 1.165) is 22.4 Å². The summed E-state index contributed by atoms with van der Waals surface area (Å²) in [5.41, 5.74) is 5.63. The van der Waals surface area contributed by atoms with E-state index >= 15 is 0 Å². The molecule has 0 radical (unpaired) electrons. The van der Waals surface area contributed by atoms with Crippen molar-refractivity contribution < 1.29 is 34.1 Å². The third-order valence-corrected chi connectivity index (χ3v) is 9.76. The van der Waals surface area contributed by atoms with Crippen molar-refractivity contribution in [3.05, 3.63) is 191 Å². The van der Waals surface area contributed by atoms with Gasteiger partial charge in [-0.1, -0.05) is 42.5 Å². The van der Waals surface area contributed by atoms with Crippen molar-refractivity contribution in [1.29, 1.82) is 0 Å². The van der Waals surface area contributed by atoms with Crippen LogP contribution in [0.2, 0.25) is 0 Å². The van der Waals surface area contributed by atoms with E-state index in [0.29, 0.717) is 57.9 Å². The first-order chi connectivity index (χ1) is 28.7. The van der Waals surface area contributed by atoms with Crippen LogP contribution in [0.25, 0.3) is 33.4 Å². The standard InChI is InChI=1S/C46H34N6O7/c53-44(54)36-14-2-1-13-35(36)43-37-19-17-33(51(25-29-9-3-5-21-47-29)27-31-11-7-15-39(49-31)45(55)56)23-41(37)59-42-24-34(18-20-38(42)43)52(26-30-10-4-6-22-48-30)28-32-12-8-16-40(50-32)46(57)58/h1-24H,25-28H2,(H2-,53,54,55,56,57,58)/p+1. The Balaban J connectivity index is 1.34. The number of hydrogen-bond donors (Lipinski definition) is 3. The van der Waals surface area contributed by atoms with E-state index in [-0.39, 0.29) is 30.0 Å². The van der Waals surface area contributed by atoms with Gasteiger partial charge < -0.3 is 24.6 Å². The fraction of sp³-hybridized carbons (Fsp3) is 0.0870. The van der Waals surface area contributed by atoms with Gasteiger partial charge in [-0.05, 0) is 78.4 Å². The Hall–Kier alpha value is -8.06. The molecular weight excluding hydrogens is 749 g/mol. The van der Waals surface area contributed by atoms with E-state index in [1.807, 2.05) is 82.3 Å². The highest BCUT2D eigenvalue weighted by Gasteiger charge is 2.24. The monoisotopic (exact) mass is 783 g/mol. The lowest BCUT2D eigenvalue weighted by Gasteiger charge is -2.25. The molecule has 0 spiro atoms. The zero-order valence-electron chi connectivity index (χ0n) is 31.3. The van der Waals surface area contributed by atoms with Crippen LogP contribution in [0.1, 0.15) is 54.1 Å². The topological polar surface area (TPSA) is 183 Å². The highest BCUT2D eigenvalue weighted by molar-refractivity contribution is 6.07. The van der Waals surface area contributed by atoms with Crippen LogP contribution in [-0.2, 0) is 26.2 Å². The SMILES string of the molecule is O=C(O)c1cccc(CN(Cc2ccccn2)c2ccc3c(-c4ccccc4C(=O)O)c4ccc(=[N+](Cc5ccccn5)Cc5cccc(C(=O)O)n5)cc-4oc3c2)n1. The minimum atomic E-state index is -1.13. The van der Waals surface area contributed by atoms with E-state index in [1.54, 1.807) is 60.9 Å². The van der Waals surface area contributed by atoms with Crippen molar-refractivity contribution >= 4 is 34.6 Å². The van der Waals surface area contributed by atoms with Crippen molar-refractivity contribution in [3.8, 4) is 22.5 Å². The molecule has 0 fully saturated rings. The van der Waals surface area contributed by atoms with E-state index in [2.05, 4.69) is 19.9 Å². The summed E-state index contributed by atoms with van der Waals surface area (Å²) in [6.45, 7) is 1.21. The molecule has 0 unspecified atom stereocenters. The van der Waals surface area contributed by atoms with Crippen LogP contribution >= 0.6 is 0 Å². The minimum absolute atomic E-state index is 0.0692. The molecule has 0 atom stereocenters. The molecule has 1 aliphatic heterocycles. The molecule has 1 aliphatic carbocycles. The number of benzene rings is 3. The van der Waals surface area contributed by atoms with Crippen LogP contribution in [0.15, 0.2) is 150 Å². The molecule has 2 aliphatic rings. The molecule has 0 saturated heterocycles. The van der Waals surface area contributed by atoms with Crippen molar-refractivity contribution in [2.75, 3.05) is 4.90 Å². The molecule has 5 heterocycles. The molecule has 13 heteroatoms. The van der Waals surface area contributed by atoms with Crippen molar-refractivity contribution in [2.24, 2.45) is 0 Å². The summed E-state index contributed by atoms with van der Waals surface area (Å²) in [6, 6.07) is 39.2. The Kier molecular flexibility index (Phi) is 10.6. The van der Waals surface area contributed by atoms with Gasteiger partial charge in [-0.3, -0.25) is 9.97 Å². The molecule has 3 N–H and O–H groups in total. The Morgan fingerprint density at radius 1 is 0.576 bits per heavy atom. The van der Waals surface area contributed by atoms with Crippen LogP contribution in [0.4, 0.5) is 5.69 Å². The maximum atomic E-state index is 12.6. The summed E-state index contributed by atoms with van der Waals surface area (Å²) in [4.78, 5) is 56.1. The van der Waals surface area contributed by atoms with Crippen molar-refractivity contribution in [3.63, 3.8) is 0 Å². The lowest BCUT2D eigenvalue weighted by molar-refractivity contribution is 0.0679. The van der Waals surface area contributed by atoms with E-state index in [4.69, 9.17) is 4.42 Å². The van der Waals surface area contributed by atoms with Gasteiger partial charge in [0.1, 0.15) is 34.1 Å². The number of pyridine rings is 4. The lowest BCUT2D eigenvalue weighted by Crippen LogP contribution is -2.30. The molecule has 6 aromatic rings. The van der Waals surface area contributed by atoms with Gasteiger partial charge in [-0.2, -0.15) is 0 Å². The fourth-order valence-electron chi connectivity index (χ4n) is 7.05. The normalized spacial score (nSPS) is 11.7. The van der Waals surface area contributed by atoms with Crippen molar-refractivity contribution in [1.82, 2.24) is 24.5 Å². The maximum Gasteiger partial charge on any atom is 0.354 e. The molecule has 0 saturated carbocycles. The van der Waals surface area contributed by atoms with Gasteiger partial charge >= 0.3 is 17.9 Å². The highest BCUT2D eigenvalue weighted by atomic mass is 16.4. The molecule has 0 bridgehead atoms. The summed E-state index contributed by atoms with van der Waals surface area (Å²) >= 11 is 0. The van der Waals surface area contributed by atoms with Gasteiger partial charge in [-0.25, -0.2) is 28.9 Å². The third kappa shape index (κ3) is 8.39. The summed E-state index contributed by atoms with van der Waals surface area (Å²) in [6.07, 6.45) is 3.41. The van der Waals surface area contributed by atoms with Gasteiger partial charge in [0.2, 0.25) is 5.36 Å². The number of carboxylic acids is 3. The van der Waals surface area contributed by atoms with Crippen LogP contribution in [0, 0.1) is 0 Å². The highest BCUT2D eigenvalue weighted by Crippen LogP contribution is 2.42. The Morgan fingerprint density at radius 3 is 1.90 bits per heavy atom. The van der Waals surface area contributed by atoms with Crippen LogP contribution in [-0.4, -0.2) is 53.2 Å². The predicted molar refractivity (Wildman–Crippen MR) is 219 cm³/mol. The molecule has 13 nitrogen and oxygen atoms in total. The van der Waals surface area contributed by atoms with E-state index in [9.17, 15) is 29.7 Å². The Morgan fingerprint density at radius 2 is 1.20 bits per heavy atom. The molecule has 59 heavy (non-hydrogen) atoms. The number of carbonyl (C=O) groups is 3. The zero-order chi connectivity index (χ0) is 40.9. The predicted octanol–water partition coefficient (Wildman–Crippen LogP) is 7.26. The number of aromatic carboxylic acids is 3. The molecule has 8 rings (SSSR count). The van der Waals surface area contributed by atoms with Gasteiger partial charge in [0.15, 0.2) is 13.1 Å². The quantitative estimate of drug-likeness (QED) is 0.0787. The molecule has 4 aromatic heterocycles. The van der Waals surface area contributed by atoms with Gasteiger partial charge in [0.25, 0.3) is 0 Å². The Bertz CT molecular complexity index is 2900. The second kappa shape index (κ2) is 16.6. The summed E-state index contributed by atoms with van der Waals surface area (Å²) < 4.78 is 8.79. The maximum absolute atomic E-state index is 12.6. The number of anilines is 1. The molecule has 290 valence electrons. The number of fused-ring (bicyclic) bond motifs is 2. The molecule has 2 aromatic carbocycles. The minimum Gasteiger partial charge on any atom is -0.478 e. The van der Waals surface area contributed by atoms with Gasteiger partial charge in [0.05, 0.1) is 36.1 Å². The number of aromatic nitrogens is 4. The first-order valence-corrected chi connectivity index (χ1v) is 18.5. The summed E-state index contributed by atoms with van der Waals surface area (Å²) in [5, 5.41) is 31.0. The van der Waals surface area contributed by atoms with Gasteiger partial charge in [-0.15, -0.1) is 0 Å². The summed E-state index contributed by atoms with van der Waals surface area (Å²) in [5.74, 6) is -2.87. The second-order valence-electron chi connectivity index (χ2n) is 13.7. The molecule has 0 amide bonds. The first kappa shape index (κ1) is 37.8.